The summed E-state index contributed by atoms with van der Waals surface area (Å²) in [6, 6.07) is 8.09. The van der Waals surface area contributed by atoms with E-state index in [4.69, 9.17) is 5.11 Å². The normalized spacial score (nSPS) is 9.83. The van der Waals surface area contributed by atoms with Gasteiger partial charge in [0.15, 0.2) is 0 Å². The zero-order chi connectivity index (χ0) is 13.4. The fraction of sp³-hybridized carbons (Fsp3) is 0.357. The minimum Gasteiger partial charge on any atom is -0.395 e. The van der Waals surface area contributed by atoms with Gasteiger partial charge in [-0.1, -0.05) is 19.1 Å². The van der Waals surface area contributed by atoms with Crippen molar-refractivity contribution in [2.45, 2.75) is 11.8 Å². The average molecular weight is 262 g/mol. The molecule has 0 aliphatic carbocycles. The van der Waals surface area contributed by atoms with Crippen LogP contribution in [0.5, 0.6) is 0 Å². The summed E-state index contributed by atoms with van der Waals surface area (Å²) in [4.78, 5) is 2.95. The molecule has 1 N–H and O–H groups in total. The Bertz CT molecular complexity index is 440. The number of rotatable bonds is 7. The van der Waals surface area contributed by atoms with Crippen molar-refractivity contribution in [3.63, 3.8) is 0 Å². The van der Waals surface area contributed by atoms with Crippen molar-refractivity contribution in [3.05, 3.63) is 36.4 Å². The third-order valence-corrected chi connectivity index (χ3v) is 3.42. The van der Waals surface area contributed by atoms with Crippen molar-refractivity contribution in [1.29, 1.82) is 5.26 Å². The van der Waals surface area contributed by atoms with Gasteiger partial charge in [0.1, 0.15) is 6.07 Å². The van der Waals surface area contributed by atoms with E-state index in [0.717, 1.165) is 16.3 Å². The van der Waals surface area contributed by atoms with Crippen LogP contribution in [0.3, 0.4) is 0 Å². The Kier molecular flexibility index (Phi) is 6.34. The van der Waals surface area contributed by atoms with Gasteiger partial charge in [-0.3, -0.25) is 0 Å². The second-order valence-electron chi connectivity index (χ2n) is 3.65. The first kappa shape index (κ1) is 14.6. The van der Waals surface area contributed by atoms with Gasteiger partial charge in [0.25, 0.3) is 0 Å². The van der Waals surface area contributed by atoms with E-state index in [9.17, 15) is 5.26 Å². The standard InChI is InChI=1S/C14H18N2OS/c1-3-8-16(9-10-17)13-6-5-7-14(18-4-2)12(13)11-15/h3,5-7,17H,1,4,8-10H2,2H3. The summed E-state index contributed by atoms with van der Waals surface area (Å²) in [7, 11) is 0. The van der Waals surface area contributed by atoms with E-state index < -0.39 is 0 Å². The van der Waals surface area contributed by atoms with Gasteiger partial charge in [-0.2, -0.15) is 5.26 Å². The van der Waals surface area contributed by atoms with E-state index >= 15 is 0 Å². The fourth-order valence-corrected chi connectivity index (χ4v) is 2.54. The number of hydrogen-bond acceptors (Lipinski definition) is 4. The summed E-state index contributed by atoms with van der Waals surface area (Å²) in [5.74, 6) is 0.930. The molecule has 0 bridgehead atoms. The number of aliphatic hydroxyl groups is 1. The number of nitriles is 1. The summed E-state index contributed by atoms with van der Waals surface area (Å²) in [6.07, 6.45) is 1.77. The van der Waals surface area contributed by atoms with E-state index in [1.165, 1.54) is 0 Å². The molecule has 0 aromatic heterocycles. The molecule has 3 nitrogen and oxygen atoms in total. The Morgan fingerprint density at radius 3 is 2.89 bits per heavy atom. The zero-order valence-corrected chi connectivity index (χ0v) is 11.4. The Hall–Kier alpha value is -1.44. The molecule has 0 fully saturated rings. The second kappa shape index (κ2) is 7.80. The maximum Gasteiger partial charge on any atom is 0.103 e. The van der Waals surface area contributed by atoms with Gasteiger partial charge in [0.05, 0.1) is 17.9 Å². The van der Waals surface area contributed by atoms with Crippen LogP contribution in [-0.2, 0) is 0 Å². The molecule has 1 rings (SSSR count). The molecule has 0 saturated carbocycles. The molecule has 0 radical (unpaired) electrons. The second-order valence-corrected chi connectivity index (χ2v) is 4.96. The van der Waals surface area contributed by atoms with Crippen LogP contribution in [0.25, 0.3) is 0 Å². The molecule has 0 amide bonds. The van der Waals surface area contributed by atoms with Gasteiger partial charge >= 0.3 is 0 Å². The van der Waals surface area contributed by atoms with Gasteiger partial charge in [-0.15, -0.1) is 18.3 Å². The lowest BCUT2D eigenvalue weighted by Crippen LogP contribution is -2.27. The van der Waals surface area contributed by atoms with E-state index in [1.807, 2.05) is 23.1 Å². The van der Waals surface area contributed by atoms with Crippen molar-refractivity contribution in [2.24, 2.45) is 0 Å². The number of hydrogen-bond donors (Lipinski definition) is 1. The number of benzene rings is 1. The highest BCUT2D eigenvalue weighted by Crippen LogP contribution is 2.30. The van der Waals surface area contributed by atoms with Crippen LogP contribution in [0.1, 0.15) is 12.5 Å². The predicted octanol–water partition coefficient (Wildman–Crippen LogP) is 2.65. The number of thioether (sulfide) groups is 1. The molecular weight excluding hydrogens is 244 g/mol. The number of aliphatic hydroxyl groups excluding tert-OH is 1. The molecule has 0 spiro atoms. The summed E-state index contributed by atoms with van der Waals surface area (Å²) in [5, 5.41) is 18.4. The number of nitrogens with zero attached hydrogens (tertiary/aromatic N) is 2. The minimum absolute atomic E-state index is 0.0594. The lowest BCUT2D eigenvalue weighted by Gasteiger charge is -2.24. The van der Waals surface area contributed by atoms with Crippen molar-refractivity contribution in [1.82, 2.24) is 0 Å². The largest absolute Gasteiger partial charge is 0.395 e. The van der Waals surface area contributed by atoms with Crippen molar-refractivity contribution < 1.29 is 5.11 Å². The Morgan fingerprint density at radius 2 is 2.33 bits per heavy atom. The molecular formula is C14H18N2OS. The van der Waals surface area contributed by atoms with Gasteiger partial charge in [0, 0.05) is 18.0 Å². The minimum atomic E-state index is 0.0594. The Labute approximate surface area is 113 Å². The maximum atomic E-state index is 9.33. The monoisotopic (exact) mass is 262 g/mol. The van der Waals surface area contributed by atoms with Crippen LogP contribution >= 0.6 is 11.8 Å². The van der Waals surface area contributed by atoms with E-state index in [-0.39, 0.29) is 6.61 Å². The Morgan fingerprint density at radius 1 is 1.56 bits per heavy atom. The molecule has 18 heavy (non-hydrogen) atoms. The summed E-state index contributed by atoms with van der Waals surface area (Å²) < 4.78 is 0. The lowest BCUT2D eigenvalue weighted by atomic mass is 10.1. The van der Waals surface area contributed by atoms with Crippen molar-refractivity contribution >= 4 is 17.4 Å². The van der Waals surface area contributed by atoms with Gasteiger partial charge < -0.3 is 10.0 Å². The third-order valence-electron chi connectivity index (χ3n) is 2.48. The first-order valence-corrected chi connectivity index (χ1v) is 6.89. The van der Waals surface area contributed by atoms with Crippen LogP contribution in [0, 0.1) is 11.3 Å². The molecule has 96 valence electrons. The van der Waals surface area contributed by atoms with Crippen LogP contribution in [0.15, 0.2) is 35.7 Å². The lowest BCUT2D eigenvalue weighted by molar-refractivity contribution is 0.303. The van der Waals surface area contributed by atoms with E-state index in [0.29, 0.717) is 18.7 Å². The van der Waals surface area contributed by atoms with Crippen LogP contribution in [-0.4, -0.2) is 30.6 Å². The van der Waals surface area contributed by atoms with Crippen LogP contribution in [0.2, 0.25) is 0 Å². The maximum absolute atomic E-state index is 9.33. The zero-order valence-electron chi connectivity index (χ0n) is 10.6. The topological polar surface area (TPSA) is 47.3 Å². The van der Waals surface area contributed by atoms with Gasteiger partial charge in [-0.25, -0.2) is 0 Å². The number of anilines is 1. The highest BCUT2D eigenvalue weighted by atomic mass is 32.2. The smallest absolute Gasteiger partial charge is 0.103 e. The molecule has 0 unspecified atom stereocenters. The van der Waals surface area contributed by atoms with Crippen molar-refractivity contribution in [3.8, 4) is 6.07 Å². The first-order chi connectivity index (χ1) is 8.78. The highest BCUT2D eigenvalue weighted by molar-refractivity contribution is 7.99. The molecule has 1 aromatic carbocycles. The quantitative estimate of drug-likeness (QED) is 0.606. The summed E-state index contributed by atoms with van der Waals surface area (Å²) in [5.41, 5.74) is 1.55. The molecule has 4 heteroatoms. The molecule has 1 aromatic rings. The van der Waals surface area contributed by atoms with E-state index in [1.54, 1.807) is 17.8 Å². The van der Waals surface area contributed by atoms with Gasteiger partial charge in [-0.05, 0) is 17.9 Å². The summed E-state index contributed by atoms with van der Waals surface area (Å²) >= 11 is 1.66. The van der Waals surface area contributed by atoms with Gasteiger partial charge in [0.2, 0.25) is 0 Å². The fourth-order valence-electron chi connectivity index (χ4n) is 1.76. The predicted molar refractivity (Wildman–Crippen MR) is 77.1 cm³/mol. The SMILES string of the molecule is C=CCN(CCO)c1cccc(SCC)c1C#N. The van der Waals surface area contributed by atoms with Crippen LogP contribution < -0.4 is 4.90 Å². The summed E-state index contributed by atoms with van der Waals surface area (Å²) in [6.45, 7) is 6.96. The molecule has 0 aliphatic rings. The first-order valence-electron chi connectivity index (χ1n) is 5.91. The Balaban J connectivity index is 3.16. The van der Waals surface area contributed by atoms with Crippen LogP contribution in [0.4, 0.5) is 5.69 Å². The molecule has 0 heterocycles. The average Bonchev–Trinajstić information content (AvgIpc) is 2.38. The van der Waals surface area contributed by atoms with Crippen molar-refractivity contribution in [2.75, 3.05) is 30.3 Å². The highest BCUT2D eigenvalue weighted by Gasteiger charge is 2.13. The molecule has 0 saturated heterocycles. The van der Waals surface area contributed by atoms with E-state index in [2.05, 4.69) is 19.6 Å². The molecule has 0 aliphatic heterocycles. The molecule has 0 atom stereocenters. The third kappa shape index (κ3) is 3.52.